The van der Waals surface area contributed by atoms with Crippen LogP contribution in [0.2, 0.25) is 0 Å². The van der Waals surface area contributed by atoms with Crippen molar-refractivity contribution in [2.45, 2.75) is 49.3 Å². The number of hydrogen-bond donors (Lipinski definition) is 2. The summed E-state index contributed by atoms with van der Waals surface area (Å²) in [6.07, 6.45) is 4.32. The Hall–Kier alpha value is -2.83. The Labute approximate surface area is 202 Å². The van der Waals surface area contributed by atoms with Crippen LogP contribution in [0.3, 0.4) is 0 Å². The van der Waals surface area contributed by atoms with Crippen molar-refractivity contribution in [1.29, 1.82) is 0 Å². The lowest BCUT2D eigenvalue weighted by molar-refractivity contribution is -0.918. The molecule has 2 aromatic rings. The van der Waals surface area contributed by atoms with Crippen LogP contribution in [0.4, 0.5) is 4.79 Å². The quantitative estimate of drug-likeness (QED) is 0.476. The molecule has 1 saturated heterocycles. The molecule has 1 heterocycles. The molecule has 1 aliphatic heterocycles. The van der Waals surface area contributed by atoms with Crippen molar-refractivity contribution in [3.05, 3.63) is 78.4 Å². The van der Waals surface area contributed by atoms with Crippen LogP contribution in [0.5, 0.6) is 5.75 Å². The number of rotatable bonds is 7. The zero-order valence-electron chi connectivity index (χ0n) is 20.3. The number of carbonyl (C=O) groups is 1. The van der Waals surface area contributed by atoms with E-state index < -0.39 is 17.1 Å². The molecule has 1 saturated carbocycles. The highest BCUT2D eigenvalue weighted by atomic mass is 16.5. The second-order valence-corrected chi connectivity index (χ2v) is 10.2. The van der Waals surface area contributed by atoms with Crippen LogP contribution >= 0.6 is 0 Å². The third-order valence-electron chi connectivity index (χ3n) is 7.84. The standard InChI is InChI=1S/C28H36N2O4/c1-4-16-30(2)17-15-27(23-11-8-12-25(18-23)33-3)19-24(13-14-28(27,32)21-30)29-26(31)34-20-22-9-6-5-7-10-22/h4-12,18,24,32H,1,13-17,19-21H2,2-3H3/p+1/t24-,27-,28?,30-/m0/s1. The van der Waals surface area contributed by atoms with Crippen LogP contribution in [0.1, 0.15) is 36.8 Å². The second kappa shape index (κ2) is 9.80. The van der Waals surface area contributed by atoms with Gasteiger partial charge in [-0.25, -0.2) is 4.79 Å². The smallest absolute Gasteiger partial charge is 0.407 e. The third-order valence-corrected chi connectivity index (χ3v) is 7.84. The number of hydrogen-bond acceptors (Lipinski definition) is 4. The average molecular weight is 466 g/mol. The zero-order valence-corrected chi connectivity index (χ0v) is 20.3. The number of aliphatic hydroxyl groups is 1. The maximum absolute atomic E-state index is 12.6. The SMILES string of the molecule is C=CC[N@@+]1(C)CC[C@@]2(c3cccc(OC)c3)C[C@@H](NC(=O)OCc3ccccc3)CCC2(O)C1. The molecule has 0 radical (unpaired) electrons. The summed E-state index contributed by atoms with van der Waals surface area (Å²) in [6, 6.07) is 17.6. The number of piperidine rings is 1. The van der Waals surface area contributed by atoms with Crippen LogP contribution in [0, 0.1) is 0 Å². The van der Waals surface area contributed by atoms with Crippen molar-refractivity contribution in [1.82, 2.24) is 5.32 Å². The van der Waals surface area contributed by atoms with Crippen LogP contribution < -0.4 is 10.1 Å². The van der Waals surface area contributed by atoms with Gasteiger partial charge in [-0.15, -0.1) is 0 Å². The van der Waals surface area contributed by atoms with Crippen molar-refractivity contribution in [2.75, 3.05) is 33.8 Å². The summed E-state index contributed by atoms with van der Waals surface area (Å²) in [7, 11) is 3.86. The van der Waals surface area contributed by atoms with E-state index >= 15 is 0 Å². The molecule has 34 heavy (non-hydrogen) atoms. The van der Waals surface area contributed by atoms with E-state index in [1.54, 1.807) is 7.11 Å². The maximum atomic E-state index is 12.6. The van der Waals surface area contributed by atoms with Gasteiger partial charge in [0.15, 0.2) is 0 Å². The molecule has 1 unspecified atom stereocenters. The number of benzene rings is 2. The monoisotopic (exact) mass is 465 g/mol. The molecule has 2 aromatic carbocycles. The van der Waals surface area contributed by atoms with E-state index in [9.17, 15) is 9.90 Å². The van der Waals surface area contributed by atoms with Gasteiger partial charge in [0.1, 0.15) is 24.5 Å². The summed E-state index contributed by atoms with van der Waals surface area (Å²) in [5.74, 6) is 0.778. The van der Waals surface area contributed by atoms with Crippen molar-refractivity contribution in [3.63, 3.8) is 0 Å². The topological polar surface area (TPSA) is 67.8 Å². The molecular weight excluding hydrogens is 428 g/mol. The van der Waals surface area contributed by atoms with Gasteiger partial charge in [-0.2, -0.15) is 0 Å². The summed E-state index contributed by atoms with van der Waals surface area (Å²) in [4.78, 5) is 12.6. The third kappa shape index (κ3) is 4.84. The minimum absolute atomic E-state index is 0.0778. The maximum Gasteiger partial charge on any atom is 0.407 e. The van der Waals surface area contributed by atoms with Gasteiger partial charge in [-0.1, -0.05) is 49.0 Å². The Morgan fingerprint density at radius 1 is 1.24 bits per heavy atom. The Balaban J connectivity index is 1.56. The fourth-order valence-electron chi connectivity index (χ4n) is 6.08. The lowest BCUT2D eigenvalue weighted by Gasteiger charge is -2.59. The van der Waals surface area contributed by atoms with Crippen LogP contribution in [-0.4, -0.2) is 61.1 Å². The van der Waals surface area contributed by atoms with Gasteiger partial charge in [0.25, 0.3) is 0 Å². The van der Waals surface area contributed by atoms with Crippen molar-refractivity contribution >= 4 is 6.09 Å². The van der Waals surface area contributed by atoms with Crippen LogP contribution in [0.25, 0.3) is 0 Å². The summed E-state index contributed by atoms with van der Waals surface area (Å²) >= 11 is 0. The number of quaternary nitrogens is 1. The molecule has 2 aliphatic rings. The molecule has 4 rings (SSSR count). The van der Waals surface area contributed by atoms with Gasteiger partial charge in [0.2, 0.25) is 0 Å². The molecule has 6 heteroatoms. The fourth-order valence-corrected chi connectivity index (χ4v) is 6.08. The molecule has 0 spiro atoms. The normalized spacial score (nSPS) is 30.6. The zero-order chi connectivity index (χ0) is 24.2. The minimum atomic E-state index is -0.887. The number of ether oxygens (including phenoxy) is 2. The highest BCUT2D eigenvalue weighted by molar-refractivity contribution is 5.67. The summed E-state index contributed by atoms with van der Waals surface area (Å²) in [5.41, 5.74) is 0.663. The highest BCUT2D eigenvalue weighted by Gasteiger charge is 2.61. The predicted octanol–water partition coefficient (Wildman–Crippen LogP) is 4.18. The number of methoxy groups -OCH3 is 1. The lowest BCUT2D eigenvalue weighted by atomic mass is 9.55. The van der Waals surface area contributed by atoms with E-state index in [1.807, 2.05) is 54.6 Å². The highest BCUT2D eigenvalue weighted by Crippen LogP contribution is 2.53. The predicted molar refractivity (Wildman–Crippen MR) is 133 cm³/mol. The molecule has 182 valence electrons. The number of likely N-dealkylation sites (tertiary alicyclic amines) is 1. The fraction of sp³-hybridized carbons (Fsp3) is 0.464. The molecule has 2 fully saturated rings. The Morgan fingerprint density at radius 3 is 2.76 bits per heavy atom. The number of carbonyl (C=O) groups excluding carboxylic acids is 1. The molecule has 2 N–H and O–H groups in total. The first-order valence-corrected chi connectivity index (χ1v) is 12.1. The van der Waals surface area contributed by atoms with E-state index in [4.69, 9.17) is 9.47 Å². The minimum Gasteiger partial charge on any atom is -0.497 e. The molecule has 0 bridgehead atoms. The van der Waals surface area contributed by atoms with E-state index in [2.05, 4.69) is 25.0 Å². The Kier molecular flexibility index (Phi) is 7.01. The second-order valence-electron chi connectivity index (χ2n) is 10.2. The van der Waals surface area contributed by atoms with E-state index in [0.717, 1.165) is 40.9 Å². The molecule has 1 aliphatic carbocycles. The van der Waals surface area contributed by atoms with Gasteiger partial charge >= 0.3 is 6.09 Å². The largest absolute Gasteiger partial charge is 0.497 e. The summed E-state index contributed by atoms with van der Waals surface area (Å²) in [6.45, 7) is 6.58. The Bertz CT molecular complexity index is 1010. The number of fused-ring (bicyclic) bond motifs is 1. The molecule has 6 nitrogen and oxygen atoms in total. The summed E-state index contributed by atoms with van der Waals surface area (Å²) in [5, 5.41) is 15.3. The van der Waals surface area contributed by atoms with Gasteiger partial charge in [-0.05, 0) is 48.6 Å². The molecule has 1 amide bonds. The first-order chi connectivity index (χ1) is 16.3. The number of amides is 1. The summed E-state index contributed by atoms with van der Waals surface area (Å²) < 4.78 is 11.8. The Morgan fingerprint density at radius 2 is 2.03 bits per heavy atom. The van der Waals surface area contributed by atoms with Crippen molar-refractivity contribution in [2.24, 2.45) is 0 Å². The van der Waals surface area contributed by atoms with Gasteiger partial charge < -0.3 is 24.4 Å². The number of alkyl carbamates (subject to hydrolysis) is 1. The molecular formula is C28H37N2O4+. The van der Waals surface area contributed by atoms with Gasteiger partial charge in [0.05, 0.1) is 27.2 Å². The van der Waals surface area contributed by atoms with Gasteiger partial charge in [0, 0.05) is 17.9 Å². The first kappa shape index (κ1) is 24.3. The first-order valence-electron chi connectivity index (χ1n) is 12.1. The van der Waals surface area contributed by atoms with E-state index in [-0.39, 0.29) is 12.6 Å². The number of nitrogens with one attached hydrogen (secondary N) is 1. The number of likely N-dealkylation sites (N-methyl/N-ethyl adjacent to an activating group) is 1. The molecule has 0 aromatic heterocycles. The van der Waals surface area contributed by atoms with E-state index in [0.29, 0.717) is 25.8 Å². The van der Waals surface area contributed by atoms with Gasteiger partial charge in [-0.3, -0.25) is 0 Å². The van der Waals surface area contributed by atoms with Crippen LogP contribution in [-0.2, 0) is 16.8 Å². The lowest BCUT2D eigenvalue weighted by Crippen LogP contribution is -2.71. The average Bonchev–Trinajstić information content (AvgIpc) is 2.84. The number of nitrogens with zero attached hydrogens (tertiary/aromatic N) is 1. The van der Waals surface area contributed by atoms with Crippen LogP contribution in [0.15, 0.2) is 67.3 Å². The van der Waals surface area contributed by atoms with Crippen molar-refractivity contribution in [3.8, 4) is 5.75 Å². The van der Waals surface area contributed by atoms with E-state index in [1.165, 1.54) is 0 Å². The molecule has 4 atom stereocenters. The van der Waals surface area contributed by atoms with Crippen molar-refractivity contribution < 1.29 is 23.9 Å².